The third kappa shape index (κ3) is 3.68. The fourth-order valence-electron chi connectivity index (χ4n) is 5.98. The maximum Gasteiger partial charge on any atom is 0.332 e. The molecule has 2 unspecified atom stereocenters. The van der Waals surface area contributed by atoms with Crippen LogP contribution in [0.4, 0.5) is 10.5 Å². The van der Waals surface area contributed by atoms with Gasteiger partial charge in [-0.3, -0.25) is 9.69 Å². The van der Waals surface area contributed by atoms with Gasteiger partial charge in [0.15, 0.2) is 5.11 Å². The van der Waals surface area contributed by atoms with Gasteiger partial charge in [0.1, 0.15) is 17.8 Å². The summed E-state index contributed by atoms with van der Waals surface area (Å²) in [4.78, 5) is 38.8. The number of nitrogens with zero attached hydrogens (tertiary/aromatic N) is 6. The number of piperazine rings is 1. The number of urea groups is 1. The molecule has 186 valence electrons. The zero-order valence-electron chi connectivity index (χ0n) is 19.8. The number of ether oxygens (including phenoxy) is 1. The van der Waals surface area contributed by atoms with E-state index in [1.807, 2.05) is 18.2 Å². The number of nitrogens with one attached hydrogen (secondary N) is 1. The van der Waals surface area contributed by atoms with Crippen LogP contribution in [0.3, 0.4) is 0 Å². The number of hydrogen-bond acceptors (Lipinski definition) is 7. The number of rotatable bonds is 5. The lowest BCUT2D eigenvalue weighted by Crippen LogP contribution is -2.57. The molecule has 0 radical (unpaired) electrons. The smallest absolute Gasteiger partial charge is 0.332 e. The molecular formula is C25H27N7O3S. The summed E-state index contributed by atoms with van der Waals surface area (Å²) < 4.78 is 5.40. The number of amides is 3. The first kappa shape index (κ1) is 23.1. The van der Waals surface area contributed by atoms with Crippen LogP contribution < -0.4 is 10.2 Å². The molecule has 6 rings (SSSR count). The summed E-state index contributed by atoms with van der Waals surface area (Å²) in [5.41, 5.74) is 0.689. The molecule has 10 nitrogen and oxygen atoms in total. The number of carbonyl (C=O) groups is 2. The number of fused-ring (bicyclic) bond motifs is 6. The van der Waals surface area contributed by atoms with Gasteiger partial charge in [0.05, 0.1) is 37.2 Å². The summed E-state index contributed by atoms with van der Waals surface area (Å²) >= 11 is 5.70. The van der Waals surface area contributed by atoms with Gasteiger partial charge < -0.3 is 19.9 Å². The van der Waals surface area contributed by atoms with Crippen molar-refractivity contribution in [2.24, 2.45) is 0 Å². The average molecular weight is 506 g/mol. The Labute approximate surface area is 214 Å². The van der Waals surface area contributed by atoms with Crippen LogP contribution >= 0.6 is 12.2 Å². The highest BCUT2D eigenvalue weighted by Gasteiger charge is 2.62. The van der Waals surface area contributed by atoms with Crippen LogP contribution in [0.25, 0.3) is 10.8 Å². The Hall–Kier alpha value is -3.33. The van der Waals surface area contributed by atoms with E-state index in [1.54, 1.807) is 11.0 Å². The minimum Gasteiger partial charge on any atom is -0.379 e. The maximum atomic E-state index is 13.7. The Morgan fingerprint density at radius 3 is 2.78 bits per heavy atom. The van der Waals surface area contributed by atoms with Crippen molar-refractivity contribution in [1.82, 2.24) is 25.0 Å². The third-order valence-corrected chi connectivity index (χ3v) is 8.06. The van der Waals surface area contributed by atoms with Crippen LogP contribution in [0, 0.1) is 11.3 Å². The van der Waals surface area contributed by atoms with Gasteiger partial charge in [-0.2, -0.15) is 5.26 Å². The number of pyridine rings is 1. The molecule has 1 aromatic carbocycles. The zero-order valence-corrected chi connectivity index (χ0v) is 20.6. The van der Waals surface area contributed by atoms with E-state index in [9.17, 15) is 14.9 Å². The van der Waals surface area contributed by atoms with Crippen molar-refractivity contribution in [2.45, 2.75) is 31.0 Å². The van der Waals surface area contributed by atoms with Crippen molar-refractivity contribution < 1.29 is 14.3 Å². The molecule has 4 fully saturated rings. The highest BCUT2D eigenvalue weighted by molar-refractivity contribution is 7.80. The molecule has 11 heteroatoms. The lowest BCUT2D eigenvalue weighted by molar-refractivity contribution is -0.120. The van der Waals surface area contributed by atoms with Crippen LogP contribution in [0.1, 0.15) is 18.5 Å². The summed E-state index contributed by atoms with van der Waals surface area (Å²) in [7, 11) is 0. The Balaban J connectivity index is 1.16. The lowest BCUT2D eigenvalue weighted by Gasteiger charge is -2.36. The second-order valence-electron chi connectivity index (χ2n) is 9.61. The summed E-state index contributed by atoms with van der Waals surface area (Å²) in [6.45, 7) is 5.90. The summed E-state index contributed by atoms with van der Waals surface area (Å²) in [6.07, 6.45) is 3.17. The van der Waals surface area contributed by atoms with Gasteiger partial charge in [-0.05, 0) is 31.6 Å². The molecule has 4 saturated heterocycles. The second kappa shape index (κ2) is 9.28. The molecule has 36 heavy (non-hydrogen) atoms. The minimum atomic E-state index is -0.571. The summed E-state index contributed by atoms with van der Waals surface area (Å²) in [5.74, 6) is -0.260. The normalized spacial score (nSPS) is 25.5. The van der Waals surface area contributed by atoms with Crippen molar-refractivity contribution >= 4 is 45.7 Å². The SMILES string of the molecule is N#Cc1ncc(N2C(=O)[C@H]3C4CC(CN4C(=S)NCCCN4CCOCC4)N3C2=O)c2ccccc12. The number of anilines is 1. The standard InChI is InChI=1S/C25H27N7O3S/c26-13-19-17-4-1-2-5-18(17)21(14-28-19)32-23(33)22-20-12-16(31(22)25(32)34)15-30(20)24(36)27-6-3-7-29-8-10-35-11-9-29/h1-2,4-5,14,16,20,22H,3,6-12,15H2,(H,27,36)/t16?,20?,22-/m1/s1. The van der Waals surface area contributed by atoms with Gasteiger partial charge in [0.2, 0.25) is 0 Å². The van der Waals surface area contributed by atoms with Gasteiger partial charge in [-0.25, -0.2) is 14.7 Å². The van der Waals surface area contributed by atoms with Crippen molar-refractivity contribution in [3.63, 3.8) is 0 Å². The number of likely N-dealkylation sites (tertiary alicyclic amines) is 1. The van der Waals surface area contributed by atoms with Crippen LogP contribution in [0.15, 0.2) is 30.5 Å². The molecule has 5 heterocycles. The third-order valence-electron chi connectivity index (χ3n) is 7.68. The predicted molar refractivity (Wildman–Crippen MR) is 136 cm³/mol. The van der Waals surface area contributed by atoms with Crippen LogP contribution in [0.2, 0.25) is 0 Å². The topological polar surface area (TPSA) is 105 Å². The molecule has 2 aromatic rings. The Bertz CT molecular complexity index is 1270. The zero-order chi connectivity index (χ0) is 24.8. The Morgan fingerprint density at radius 1 is 1.22 bits per heavy atom. The van der Waals surface area contributed by atoms with Crippen LogP contribution in [0.5, 0.6) is 0 Å². The molecule has 3 atom stereocenters. The van der Waals surface area contributed by atoms with Gasteiger partial charge in [0.25, 0.3) is 5.91 Å². The number of benzene rings is 1. The van der Waals surface area contributed by atoms with Gasteiger partial charge in [-0.1, -0.05) is 24.3 Å². The number of thiocarbonyl (C=S) groups is 1. The molecule has 3 amide bonds. The van der Waals surface area contributed by atoms with E-state index >= 15 is 0 Å². The molecule has 0 spiro atoms. The molecule has 2 bridgehead atoms. The van der Waals surface area contributed by atoms with Crippen molar-refractivity contribution in [3.8, 4) is 6.07 Å². The van der Waals surface area contributed by atoms with Crippen LogP contribution in [-0.2, 0) is 9.53 Å². The van der Waals surface area contributed by atoms with E-state index in [0.29, 0.717) is 28.1 Å². The van der Waals surface area contributed by atoms with Crippen molar-refractivity contribution in [2.75, 3.05) is 50.8 Å². The number of hydrogen-bond donors (Lipinski definition) is 1. The maximum absolute atomic E-state index is 13.7. The fraction of sp³-hybridized carbons (Fsp3) is 0.480. The van der Waals surface area contributed by atoms with Gasteiger partial charge in [0, 0.05) is 37.0 Å². The van der Waals surface area contributed by atoms with Crippen molar-refractivity contribution in [3.05, 3.63) is 36.2 Å². The minimum absolute atomic E-state index is 0.0628. The molecule has 1 N–H and O–H groups in total. The van der Waals surface area contributed by atoms with E-state index < -0.39 is 6.04 Å². The first-order valence-electron chi connectivity index (χ1n) is 12.4. The average Bonchev–Trinajstić information content (AvgIpc) is 3.58. The molecule has 0 aliphatic carbocycles. The first-order chi connectivity index (χ1) is 17.6. The largest absolute Gasteiger partial charge is 0.379 e. The lowest BCUT2D eigenvalue weighted by atomic mass is 10.1. The summed E-state index contributed by atoms with van der Waals surface area (Å²) in [5, 5.41) is 14.7. The Kier molecular flexibility index (Phi) is 5.95. The number of morpholine rings is 1. The molecule has 0 saturated carbocycles. The monoisotopic (exact) mass is 505 g/mol. The van der Waals surface area contributed by atoms with E-state index in [-0.39, 0.29) is 29.7 Å². The summed E-state index contributed by atoms with van der Waals surface area (Å²) in [6, 6.07) is 8.22. The molecule has 1 aromatic heterocycles. The molecule has 4 aliphatic heterocycles. The first-order valence-corrected chi connectivity index (χ1v) is 12.8. The fourth-order valence-corrected chi connectivity index (χ4v) is 6.29. The number of carbonyl (C=O) groups excluding carboxylic acids is 2. The number of imide groups is 1. The quantitative estimate of drug-likeness (QED) is 0.366. The molecular weight excluding hydrogens is 478 g/mol. The van der Waals surface area contributed by atoms with Gasteiger partial charge in [-0.15, -0.1) is 0 Å². The highest BCUT2D eigenvalue weighted by atomic mass is 32.1. The van der Waals surface area contributed by atoms with Gasteiger partial charge >= 0.3 is 6.03 Å². The second-order valence-corrected chi connectivity index (χ2v) is 9.99. The van der Waals surface area contributed by atoms with E-state index in [2.05, 4.69) is 26.2 Å². The highest BCUT2D eigenvalue weighted by Crippen LogP contribution is 2.43. The molecule has 4 aliphatic rings. The number of nitriles is 1. The van der Waals surface area contributed by atoms with E-state index in [0.717, 1.165) is 52.2 Å². The number of aromatic nitrogens is 1. The van der Waals surface area contributed by atoms with Crippen molar-refractivity contribution in [1.29, 1.82) is 5.26 Å². The van der Waals surface area contributed by atoms with E-state index in [1.165, 1.54) is 11.1 Å². The van der Waals surface area contributed by atoms with Crippen LogP contribution in [-0.4, -0.2) is 101 Å². The van der Waals surface area contributed by atoms with E-state index in [4.69, 9.17) is 17.0 Å². The predicted octanol–water partition coefficient (Wildman–Crippen LogP) is 1.30. The Morgan fingerprint density at radius 2 is 2.00 bits per heavy atom.